The summed E-state index contributed by atoms with van der Waals surface area (Å²) < 4.78 is 23.5. The van der Waals surface area contributed by atoms with Crippen LogP contribution in [0.1, 0.15) is 72.6 Å². The highest BCUT2D eigenvalue weighted by molar-refractivity contribution is 6.20. The molecule has 10 atom stereocenters. The molecule has 452 valence electrons. The number of anilines is 3. The summed E-state index contributed by atoms with van der Waals surface area (Å²) in [5, 5.41) is 70.1. The van der Waals surface area contributed by atoms with Crippen molar-refractivity contribution in [2.45, 2.75) is 99.6 Å². The quantitative estimate of drug-likeness (QED) is 0.0212. The lowest BCUT2D eigenvalue weighted by atomic mass is 9.95. The zero-order valence-electron chi connectivity index (χ0n) is 46.2. The van der Waals surface area contributed by atoms with Crippen molar-refractivity contribution >= 4 is 115 Å². The zero-order valence-corrected chi connectivity index (χ0v) is 47.7. The van der Waals surface area contributed by atoms with E-state index in [1.54, 1.807) is 60.7 Å². The van der Waals surface area contributed by atoms with Crippen LogP contribution < -0.4 is 29.9 Å². The van der Waals surface area contributed by atoms with Gasteiger partial charge in [-0.05, 0) is 64.1 Å². The maximum Gasteiger partial charge on any atom is 0.335 e. The maximum absolute atomic E-state index is 14.5. The summed E-state index contributed by atoms with van der Waals surface area (Å²) >= 11 is 13.1. The standard InChI is InChI=1S/C62H63Cl2N5O17/c63-28-35-30-68(42-25-46(37-8-3-5-10-39(37)55(35)42)84-54-27-44(70)58(79)60(86-54)61(81)82)52(76)17-14-33-13-15-34(41(24-33)66-49(73)21-22-65-48(72)12-2-1-7-23-67-50(74)19-20-51(67)75)16-18-53(77)69-31-36(29-64)56-40-11-6-4-9-38(40)47(26-43(56)69)85-62-59(80)57(78)45(71)32-83-62/h3-6,8-11,13-20,24-26,35-36,44-45,54,57-60,62,70-71,78-80H,1-2,7,12,21-23,27-32H2,(H,65,72)(H,66,73)(H,81,82)/b17-14+,18-16+/t35-,36-,44-,45-,54-,57?,58+,59-,60+,62+/m1/s1. The number of hydrogen-bond donors (Lipinski definition) is 8. The fourth-order valence-corrected chi connectivity index (χ4v) is 11.9. The highest BCUT2D eigenvalue weighted by atomic mass is 35.5. The molecule has 8 N–H and O–H groups in total. The number of imide groups is 1. The van der Waals surface area contributed by atoms with Gasteiger partial charge >= 0.3 is 5.97 Å². The van der Waals surface area contributed by atoms with Crippen molar-refractivity contribution in [1.29, 1.82) is 0 Å². The van der Waals surface area contributed by atoms with Gasteiger partial charge in [0.25, 0.3) is 23.6 Å². The molecule has 0 saturated carbocycles. The van der Waals surface area contributed by atoms with E-state index in [0.717, 1.165) is 21.4 Å². The Balaban J connectivity index is 0.887. The van der Waals surface area contributed by atoms with Crippen LogP contribution in [0.3, 0.4) is 0 Å². The minimum Gasteiger partial charge on any atom is -0.479 e. The SMILES string of the molecule is O=C(CCCCCN1C(=O)C=CC1=O)NCCC(=O)Nc1cc(/C=C/C(=O)N2C[C@@H](CCl)c3c2cc(O[C@H]2C[C@@H](O)[C@H](O)[C@@H](C(=O)O)O2)c2ccccc32)ccc1/C=C/C(=O)N1C[C@@H](CCl)c2c1cc(O[C@@H]1OC[C@@H](O)C(O)[C@H]1O)c1ccccc21. The summed E-state index contributed by atoms with van der Waals surface area (Å²) in [7, 11) is 0. The van der Waals surface area contributed by atoms with E-state index in [1.165, 1.54) is 40.2 Å². The van der Waals surface area contributed by atoms with Crippen LogP contribution in [-0.4, -0.2) is 171 Å². The Kier molecular flexibility index (Phi) is 19.2. The molecule has 6 amide bonds. The molecule has 2 saturated heterocycles. The number of rotatable bonds is 21. The van der Waals surface area contributed by atoms with Gasteiger partial charge in [0.05, 0.1) is 24.1 Å². The molecule has 86 heavy (non-hydrogen) atoms. The van der Waals surface area contributed by atoms with Crippen LogP contribution in [0.4, 0.5) is 17.1 Å². The first-order valence-corrected chi connectivity index (χ1v) is 29.2. The summed E-state index contributed by atoms with van der Waals surface area (Å²) in [4.78, 5) is 95.1. The molecule has 0 aromatic heterocycles. The minimum absolute atomic E-state index is 0.0139. The van der Waals surface area contributed by atoms with E-state index in [1.807, 2.05) is 24.3 Å². The number of hydrogen-bond acceptors (Lipinski definition) is 16. The molecule has 22 nitrogen and oxygen atoms in total. The number of nitrogens with zero attached hydrogens (tertiary/aromatic N) is 3. The van der Waals surface area contributed by atoms with Crippen molar-refractivity contribution in [3.8, 4) is 11.5 Å². The third-order valence-corrected chi connectivity index (χ3v) is 16.6. The van der Waals surface area contributed by atoms with E-state index in [0.29, 0.717) is 57.9 Å². The largest absolute Gasteiger partial charge is 0.479 e. The van der Waals surface area contributed by atoms with Gasteiger partial charge in [-0.25, -0.2) is 4.79 Å². The highest BCUT2D eigenvalue weighted by Gasteiger charge is 2.44. The Morgan fingerprint density at radius 3 is 1.86 bits per heavy atom. The lowest BCUT2D eigenvalue weighted by Crippen LogP contribution is -2.54. The molecule has 5 aliphatic rings. The topological polar surface area (TPSA) is 312 Å². The highest BCUT2D eigenvalue weighted by Crippen LogP contribution is 2.48. The van der Waals surface area contributed by atoms with Gasteiger partial charge in [0.15, 0.2) is 6.10 Å². The van der Waals surface area contributed by atoms with Crippen LogP contribution in [-0.2, 0) is 43.0 Å². The summed E-state index contributed by atoms with van der Waals surface area (Å²) in [6, 6.07) is 22.8. The smallest absolute Gasteiger partial charge is 0.335 e. The van der Waals surface area contributed by atoms with Gasteiger partial charge in [0.2, 0.25) is 24.4 Å². The first-order chi connectivity index (χ1) is 41.4. The number of carboxylic acid groups (broad SMARTS) is 1. The number of amides is 6. The summed E-state index contributed by atoms with van der Waals surface area (Å²) in [5.41, 5.74) is 3.60. The summed E-state index contributed by atoms with van der Waals surface area (Å²) in [6.45, 7) is 0.308. The Morgan fingerprint density at radius 1 is 0.663 bits per heavy atom. The van der Waals surface area contributed by atoms with Crippen LogP contribution in [0.15, 0.2) is 103 Å². The molecule has 10 rings (SSSR count). The number of aliphatic carboxylic acids is 1. The van der Waals surface area contributed by atoms with Gasteiger partial charge in [-0.1, -0.05) is 67.1 Å². The van der Waals surface area contributed by atoms with E-state index in [-0.39, 0.29) is 111 Å². The molecule has 5 aromatic carbocycles. The van der Waals surface area contributed by atoms with Crippen molar-refractivity contribution in [3.05, 3.63) is 125 Å². The molecule has 2 fully saturated rings. The maximum atomic E-state index is 14.5. The molecule has 5 aliphatic heterocycles. The van der Waals surface area contributed by atoms with E-state index < -0.39 is 72.9 Å². The average molecular weight is 1220 g/mol. The third-order valence-electron chi connectivity index (χ3n) is 15.8. The second-order valence-corrected chi connectivity index (χ2v) is 22.2. The summed E-state index contributed by atoms with van der Waals surface area (Å²) in [5.74, 6) is -3.76. The van der Waals surface area contributed by atoms with Crippen molar-refractivity contribution in [3.63, 3.8) is 0 Å². The number of fused-ring (bicyclic) bond motifs is 6. The van der Waals surface area contributed by atoms with Crippen LogP contribution in [0.5, 0.6) is 11.5 Å². The van der Waals surface area contributed by atoms with Gasteiger partial charge in [-0.3, -0.25) is 33.7 Å². The number of alkyl halides is 2. The molecule has 5 heterocycles. The van der Waals surface area contributed by atoms with Crippen LogP contribution in [0.2, 0.25) is 0 Å². The second kappa shape index (κ2) is 26.9. The van der Waals surface area contributed by atoms with Gasteiger partial charge in [-0.2, -0.15) is 0 Å². The van der Waals surface area contributed by atoms with Crippen LogP contribution >= 0.6 is 23.2 Å². The molecular weight excluding hydrogens is 1160 g/mol. The number of unbranched alkanes of at least 4 members (excludes halogenated alkanes) is 2. The lowest BCUT2D eigenvalue weighted by molar-refractivity contribution is -0.241. The Labute approximate surface area is 502 Å². The van der Waals surface area contributed by atoms with E-state index in [9.17, 15) is 64.2 Å². The Bertz CT molecular complexity index is 3540. The number of nitrogens with one attached hydrogen (secondary N) is 2. The molecular formula is C62H63Cl2N5O17. The van der Waals surface area contributed by atoms with Gasteiger partial charge < -0.3 is 70.0 Å². The molecule has 0 bridgehead atoms. The third kappa shape index (κ3) is 13.1. The molecule has 0 spiro atoms. The number of carbonyl (C=O) groups is 7. The summed E-state index contributed by atoms with van der Waals surface area (Å²) in [6.07, 6.45) is -2.40. The first-order valence-electron chi connectivity index (χ1n) is 28.1. The number of benzene rings is 5. The second-order valence-electron chi connectivity index (χ2n) is 21.5. The molecule has 0 radical (unpaired) electrons. The number of ether oxygens (including phenoxy) is 4. The van der Waals surface area contributed by atoms with Gasteiger partial charge in [0.1, 0.15) is 35.9 Å². The molecule has 0 aliphatic carbocycles. The number of aliphatic hydroxyl groups excluding tert-OH is 5. The molecule has 1 unspecified atom stereocenters. The van der Waals surface area contributed by atoms with Gasteiger partial charge in [-0.15, -0.1) is 23.2 Å². The predicted octanol–water partition coefficient (Wildman–Crippen LogP) is 4.81. The van der Waals surface area contributed by atoms with E-state index in [2.05, 4.69) is 10.6 Å². The number of halogens is 2. The molecule has 24 heteroatoms. The monoisotopic (exact) mass is 1220 g/mol. The van der Waals surface area contributed by atoms with E-state index in [4.69, 9.17) is 42.1 Å². The van der Waals surface area contributed by atoms with Crippen molar-refractivity contribution < 1.29 is 83.1 Å². The van der Waals surface area contributed by atoms with Crippen molar-refractivity contribution in [1.82, 2.24) is 10.2 Å². The fraction of sp³-hybridized carbons (Fsp3) is 0.371. The van der Waals surface area contributed by atoms with Gasteiger partial charge in [0, 0.05) is 122 Å². The van der Waals surface area contributed by atoms with Crippen molar-refractivity contribution in [2.24, 2.45) is 0 Å². The lowest BCUT2D eigenvalue weighted by Gasteiger charge is -2.35. The minimum atomic E-state index is -1.76. The molecule has 5 aromatic rings. The van der Waals surface area contributed by atoms with Crippen LogP contribution in [0.25, 0.3) is 33.7 Å². The normalized spacial score (nSPS) is 24.5. The first kappa shape index (κ1) is 61.3. The Hall–Kier alpha value is -7.77. The Morgan fingerprint density at radius 2 is 1.26 bits per heavy atom. The number of carbonyl (C=O) groups excluding carboxylic acids is 6. The number of carboxylic acids is 1. The predicted molar refractivity (Wildman–Crippen MR) is 317 cm³/mol. The van der Waals surface area contributed by atoms with E-state index >= 15 is 0 Å². The van der Waals surface area contributed by atoms with Crippen molar-refractivity contribution in [2.75, 3.05) is 59.7 Å². The van der Waals surface area contributed by atoms with Crippen LogP contribution in [0, 0.1) is 0 Å². The fourth-order valence-electron chi connectivity index (χ4n) is 11.4. The number of aliphatic hydroxyl groups is 5. The zero-order chi connectivity index (χ0) is 60.9. The average Bonchev–Trinajstić information content (AvgIpc) is 1.63.